The second-order valence-electron chi connectivity index (χ2n) is 4.98. The summed E-state index contributed by atoms with van der Waals surface area (Å²) in [6, 6.07) is 9.90. The van der Waals surface area contributed by atoms with E-state index in [0.717, 1.165) is 33.7 Å². The van der Waals surface area contributed by atoms with E-state index in [9.17, 15) is 0 Å². The largest absolute Gasteiger partial charge is 0.384 e. The zero-order chi connectivity index (χ0) is 13.8. The van der Waals surface area contributed by atoms with Gasteiger partial charge < -0.3 is 5.73 Å². The Kier molecular flexibility index (Phi) is 4.43. The maximum absolute atomic E-state index is 7.70. The molecule has 0 unspecified atom stereocenters. The van der Waals surface area contributed by atoms with Gasteiger partial charge in [-0.15, -0.1) is 11.8 Å². The van der Waals surface area contributed by atoms with Crippen molar-refractivity contribution >= 4 is 28.5 Å². The average Bonchev–Trinajstić information content (AvgIpc) is 2.37. The maximum Gasteiger partial charge on any atom is 0.125 e. The number of aromatic nitrogens is 1. The first-order chi connectivity index (χ1) is 9.08. The van der Waals surface area contributed by atoms with Crippen LogP contribution in [0.4, 0.5) is 0 Å². The summed E-state index contributed by atoms with van der Waals surface area (Å²) < 4.78 is 0. The number of rotatable bonds is 5. The summed E-state index contributed by atoms with van der Waals surface area (Å²) in [4.78, 5) is 4.64. The van der Waals surface area contributed by atoms with Crippen LogP contribution in [0.2, 0.25) is 0 Å². The van der Waals surface area contributed by atoms with Crippen LogP contribution in [0.5, 0.6) is 0 Å². The molecule has 0 radical (unpaired) electrons. The van der Waals surface area contributed by atoms with E-state index in [1.165, 1.54) is 0 Å². The van der Waals surface area contributed by atoms with Crippen LogP contribution in [0.3, 0.4) is 0 Å². The number of benzene rings is 1. The number of nitrogens with one attached hydrogen (secondary N) is 1. The smallest absolute Gasteiger partial charge is 0.125 e. The SMILES string of the molecule is CC(C)CCSc1nc2ccccc2cc1C(=N)N. The third-order valence-electron chi connectivity index (χ3n) is 2.91. The van der Waals surface area contributed by atoms with Crippen molar-refractivity contribution < 1.29 is 0 Å². The first-order valence-electron chi connectivity index (χ1n) is 6.45. The van der Waals surface area contributed by atoms with Gasteiger partial charge in [-0.2, -0.15) is 0 Å². The number of amidine groups is 1. The van der Waals surface area contributed by atoms with E-state index in [2.05, 4.69) is 18.8 Å². The van der Waals surface area contributed by atoms with Crippen LogP contribution in [0.15, 0.2) is 35.4 Å². The van der Waals surface area contributed by atoms with Crippen molar-refractivity contribution in [1.82, 2.24) is 4.98 Å². The Labute approximate surface area is 118 Å². The van der Waals surface area contributed by atoms with E-state index in [1.807, 2.05) is 30.3 Å². The van der Waals surface area contributed by atoms with Gasteiger partial charge in [0.2, 0.25) is 0 Å². The normalized spacial score (nSPS) is 11.1. The zero-order valence-electron chi connectivity index (χ0n) is 11.3. The Morgan fingerprint density at radius 1 is 1.37 bits per heavy atom. The van der Waals surface area contributed by atoms with Crippen molar-refractivity contribution in [3.05, 3.63) is 35.9 Å². The highest BCUT2D eigenvalue weighted by Crippen LogP contribution is 2.26. The Morgan fingerprint density at radius 3 is 2.79 bits per heavy atom. The van der Waals surface area contributed by atoms with Crippen LogP contribution in [-0.2, 0) is 0 Å². The molecule has 0 saturated heterocycles. The summed E-state index contributed by atoms with van der Waals surface area (Å²) in [5.41, 5.74) is 7.37. The van der Waals surface area contributed by atoms with Gasteiger partial charge in [-0.3, -0.25) is 5.41 Å². The van der Waals surface area contributed by atoms with Crippen LogP contribution >= 0.6 is 11.8 Å². The van der Waals surface area contributed by atoms with E-state index < -0.39 is 0 Å². The number of para-hydroxylation sites is 1. The molecule has 0 saturated carbocycles. The Morgan fingerprint density at radius 2 is 2.11 bits per heavy atom. The topological polar surface area (TPSA) is 62.8 Å². The molecule has 4 heteroatoms. The fourth-order valence-electron chi connectivity index (χ4n) is 1.79. The zero-order valence-corrected chi connectivity index (χ0v) is 12.1. The van der Waals surface area contributed by atoms with Crippen LogP contribution in [0.1, 0.15) is 25.8 Å². The summed E-state index contributed by atoms with van der Waals surface area (Å²) in [6.07, 6.45) is 1.14. The van der Waals surface area contributed by atoms with Gasteiger partial charge in [-0.05, 0) is 30.2 Å². The molecule has 2 rings (SSSR count). The van der Waals surface area contributed by atoms with Gasteiger partial charge in [0.1, 0.15) is 10.9 Å². The molecule has 2 aromatic rings. The molecule has 0 amide bonds. The first kappa shape index (κ1) is 13.9. The Hall–Kier alpha value is -1.55. The molecule has 0 aliphatic heterocycles. The summed E-state index contributed by atoms with van der Waals surface area (Å²) in [6.45, 7) is 4.42. The molecular weight excluding hydrogens is 254 g/mol. The number of nitrogens with two attached hydrogens (primary N) is 1. The van der Waals surface area contributed by atoms with Crippen LogP contribution < -0.4 is 5.73 Å². The van der Waals surface area contributed by atoms with Gasteiger partial charge in [0.05, 0.1) is 5.52 Å². The molecule has 0 aliphatic carbocycles. The lowest BCUT2D eigenvalue weighted by Crippen LogP contribution is -2.13. The van der Waals surface area contributed by atoms with Gasteiger partial charge in [-0.25, -0.2) is 4.98 Å². The number of nitrogens with zero attached hydrogens (tertiary/aromatic N) is 1. The average molecular weight is 273 g/mol. The van der Waals surface area contributed by atoms with E-state index in [0.29, 0.717) is 5.92 Å². The molecule has 1 aromatic carbocycles. The van der Waals surface area contributed by atoms with E-state index in [4.69, 9.17) is 11.1 Å². The number of thioether (sulfide) groups is 1. The minimum absolute atomic E-state index is 0.0882. The van der Waals surface area contributed by atoms with Crippen molar-refractivity contribution in [2.75, 3.05) is 5.75 Å². The molecule has 3 N–H and O–H groups in total. The van der Waals surface area contributed by atoms with E-state index in [1.54, 1.807) is 11.8 Å². The molecule has 0 fully saturated rings. The van der Waals surface area contributed by atoms with Crippen LogP contribution in [0, 0.1) is 11.3 Å². The fraction of sp³-hybridized carbons (Fsp3) is 0.333. The number of hydrogen-bond donors (Lipinski definition) is 2. The lowest BCUT2D eigenvalue weighted by Gasteiger charge is -2.10. The predicted octanol–water partition coefficient (Wildman–Crippen LogP) is 3.66. The van der Waals surface area contributed by atoms with Gasteiger partial charge in [0.15, 0.2) is 0 Å². The number of fused-ring (bicyclic) bond motifs is 1. The van der Waals surface area contributed by atoms with Crippen molar-refractivity contribution in [1.29, 1.82) is 5.41 Å². The van der Waals surface area contributed by atoms with Crippen molar-refractivity contribution in [3.8, 4) is 0 Å². The molecule has 0 bridgehead atoms. The second kappa shape index (κ2) is 6.06. The molecule has 1 heterocycles. The van der Waals surface area contributed by atoms with Gasteiger partial charge in [-0.1, -0.05) is 32.0 Å². The Bertz CT molecular complexity index is 593. The quantitative estimate of drug-likeness (QED) is 0.496. The van der Waals surface area contributed by atoms with Gasteiger partial charge in [0.25, 0.3) is 0 Å². The molecule has 100 valence electrons. The molecule has 3 nitrogen and oxygen atoms in total. The first-order valence-corrected chi connectivity index (χ1v) is 7.43. The molecule has 0 aliphatic rings. The summed E-state index contributed by atoms with van der Waals surface area (Å²) >= 11 is 1.69. The van der Waals surface area contributed by atoms with E-state index in [-0.39, 0.29) is 5.84 Å². The van der Waals surface area contributed by atoms with Crippen LogP contribution in [-0.4, -0.2) is 16.6 Å². The minimum atomic E-state index is 0.0882. The monoisotopic (exact) mass is 273 g/mol. The fourth-order valence-corrected chi connectivity index (χ4v) is 3.06. The number of hydrogen-bond acceptors (Lipinski definition) is 3. The summed E-state index contributed by atoms with van der Waals surface area (Å²) in [5, 5.41) is 9.59. The van der Waals surface area contributed by atoms with Crippen molar-refractivity contribution in [2.45, 2.75) is 25.3 Å². The number of nitrogen functional groups attached to an aromatic ring is 1. The standard InChI is InChI=1S/C15H19N3S/c1-10(2)7-8-19-15-12(14(16)17)9-11-5-3-4-6-13(11)18-15/h3-6,9-10H,7-8H2,1-2H3,(H3,16,17). The second-order valence-corrected chi connectivity index (χ2v) is 6.06. The molecule has 1 aromatic heterocycles. The third-order valence-corrected chi connectivity index (χ3v) is 3.94. The molecule has 19 heavy (non-hydrogen) atoms. The summed E-state index contributed by atoms with van der Waals surface area (Å²) in [7, 11) is 0. The molecular formula is C15H19N3S. The van der Waals surface area contributed by atoms with E-state index >= 15 is 0 Å². The summed E-state index contributed by atoms with van der Waals surface area (Å²) in [5.74, 6) is 1.77. The highest BCUT2D eigenvalue weighted by molar-refractivity contribution is 7.99. The van der Waals surface area contributed by atoms with Crippen molar-refractivity contribution in [2.24, 2.45) is 11.7 Å². The molecule has 0 spiro atoms. The lowest BCUT2D eigenvalue weighted by atomic mass is 10.1. The Balaban J connectivity index is 2.33. The minimum Gasteiger partial charge on any atom is -0.384 e. The van der Waals surface area contributed by atoms with Crippen molar-refractivity contribution in [3.63, 3.8) is 0 Å². The lowest BCUT2D eigenvalue weighted by molar-refractivity contribution is 0.632. The predicted molar refractivity (Wildman–Crippen MR) is 82.9 cm³/mol. The maximum atomic E-state index is 7.70. The van der Waals surface area contributed by atoms with Gasteiger partial charge >= 0.3 is 0 Å². The van der Waals surface area contributed by atoms with Gasteiger partial charge in [0, 0.05) is 10.9 Å². The highest BCUT2D eigenvalue weighted by Gasteiger charge is 2.10. The third kappa shape index (κ3) is 3.47. The number of pyridine rings is 1. The molecule has 0 atom stereocenters. The van der Waals surface area contributed by atoms with Crippen LogP contribution in [0.25, 0.3) is 10.9 Å². The highest BCUT2D eigenvalue weighted by atomic mass is 32.2.